The summed E-state index contributed by atoms with van der Waals surface area (Å²) in [6, 6.07) is 8.77. The van der Waals surface area contributed by atoms with Crippen LogP contribution in [0, 0.1) is 17.7 Å². The molecule has 3 atom stereocenters. The van der Waals surface area contributed by atoms with Crippen LogP contribution in [0.2, 0.25) is 0 Å². The Balaban J connectivity index is 1.73. The van der Waals surface area contributed by atoms with Crippen LogP contribution in [0.5, 0.6) is 0 Å². The van der Waals surface area contributed by atoms with Crippen LogP contribution in [0.3, 0.4) is 0 Å². The second kappa shape index (κ2) is 8.35. The maximum atomic E-state index is 14.5. The molecule has 1 saturated carbocycles. The highest BCUT2D eigenvalue weighted by Crippen LogP contribution is 2.34. The maximum absolute atomic E-state index is 14.5. The molecule has 2 aromatic rings. The third-order valence-corrected chi connectivity index (χ3v) is 4.93. The summed E-state index contributed by atoms with van der Waals surface area (Å²) in [4.78, 5) is 36.0. The number of benzene rings is 1. The molecular weight excluding hydrogens is 365 g/mol. The van der Waals surface area contributed by atoms with E-state index in [1.807, 2.05) is 0 Å². The molecule has 0 spiro atoms. The summed E-state index contributed by atoms with van der Waals surface area (Å²) in [5, 5.41) is 2.56. The monoisotopic (exact) mass is 387 g/mol. The number of pyridine rings is 1. The highest BCUT2D eigenvalue weighted by molar-refractivity contribution is 5.93. The number of rotatable bonds is 6. The van der Waals surface area contributed by atoms with Gasteiger partial charge >= 0.3 is 0 Å². The van der Waals surface area contributed by atoms with Crippen LogP contribution in [-0.4, -0.2) is 29.1 Å². The van der Waals surface area contributed by atoms with Gasteiger partial charge in [-0.2, -0.15) is 0 Å². The van der Waals surface area contributed by atoms with Gasteiger partial charge in [-0.25, -0.2) is 4.39 Å². The van der Waals surface area contributed by atoms with Crippen molar-refractivity contribution in [2.75, 3.05) is 11.9 Å². The Labute approximate surface area is 161 Å². The van der Waals surface area contributed by atoms with Gasteiger partial charge in [0.15, 0.2) is 0 Å². The molecule has 3 N–H and O–H groups in total. The van der Waals surface area contributed by atoms with Crippen molar-refractivity contribution >= 4 is 17.5 Å². The van der Waals surface area contributed by atoms with Gasteiger partial charge < -0.3 is 15.8 Å². The fraction of sp³-hybridized carbons (Fsp3) is 0.350. The van der Waals surface area contributed by atoms with Crippen molar-refractivity contribution in [3.63, 3.8) is 0 Å². The summed E-state index contributed by atoms with van der Waals surface area (Å²) in [5.41, 5.74) is 5.48. The average molecular weight is 387 g/mol. The van der Waals surface area contributed by atoms with E-state index in [0.29, 0.717) is 18.7 Å². The first-order valence-corrected chi connectivity index (χ1v) is 9.10. The number of hydrogen-bond acceptors (Lipinski definition) is 4. The van der Waals surface area contributed by atoms with Crippen LogP contribution < -0.4 is 16.6 Å². The molecule has 2 amide bonds. The Morgan fingerprint density at radius 3 is 2.71 bits per heavy atom. The molecule has 1 aliphatic carbocycles. The molecule has 8 heteroatoms. The highest BCUT2D eigenvalue weighted by atomic mass is 19.1. The number of amides is 2. The normalized spacial score (nSPS) is 21.4. The van der Waals surface area contributed by atoms with Crippen LogP contribution in [0.25, 0.3) is 5.69 Å². The molecule has 3 unspecified atom stereocenters. The zero-order valence-corrected chi connectivity index (χ0v) is 15.4. The third-order valence-electron chi connectivity index (χ3n) is 4.93. The predicted octanol–water partition coefficient (Wildman–Crippen LogP) is 1.83. The number of ether oxygens (including phenoxy) is 1. The second-order valence-electron chi connectivity index (χ2n) is 6.73. The molecule has 0 aliphatic heterocycles. The van der Waals surface area contributed by atoms with E-state index in [4.69, 9.17) is 10.5 Å². The fourth-order valence-electron chi connectivity index (χ4n) is 3.54. The lowest BCUT2D eigenvalue weighted by Gasteiger charge is -2.15. The molecular formula is C20H22FN3O4. The Kier molecular flexibility index (Phi) is 5.89. The molecule has 148 valence electrons. The number of carbonyl (C=O) groups excluding carboxylic acids is 2. The van der Waals surface area contributed by atoms with Gasteiger partial charge in [0.25, 0.3) is 5.56 Å². The maximum Gasteiger partial charge on any atom is 0.255 e. The van der Waals surface area contributed by atoms with E-state index in [9.17, 15) is 18.8 Å². The first kappa shape index (κ1) is 19.8. The molecule has 3 rings (SSSR count). The number of carbonyl (C=O) groups is 2. The van der Waals surface area contributed by atoms with Gasteiger partial charge in [-0.3, -0.25) is 19.0 Å². The molecule has 1 heterocycles. The summed E-state index contributed by atoms with van der Waals surface area (Å²) in [5.74, 6) is -2.58. The van der Waals surface area contributed by atoms with Gasteiger partial charge in [0.1, 0.15) is 5.82 Å². The van der Waals surface area contributed by atoms with Gasteiger partial charge in [0.2, 0.25) is 11.8 Å². The SMILES string of the molecule is CCOC1CC(C(=O)Nc2ccc(-n3ccccc3=O)cc2F)CC1C(N)=O. The van der Waals surface area contributed by atoms with Gasteiger partial charge in [-0.15, -0.1) is 0 Å². The van der Waals surface area contributed by atoms with Crippen LogP contribution in [0.1, 0.15) is 19.8 Å². The van der Waals surface area contributed by atoms with Gasteiger partial charge in [-0.05, 0) is 38.0 Å². The average Bonchev–Trinajstić information content (AvgIpc) is 3.08. The van der Waals surface area contributed by atoms with Crippen LogP contribution in [0.15, 0.2) is 47.4 Å². The summed E-state index contributed by atoms with van der Waals surface area (Å²) < 4.78 is 21.3. The number of primary amides is 1. The van der Waals surface area contributed by atoms with E-state index in [-0.39, 0.29) is 17.7 Å². The number of aromatic nitrogens is 1. The predicted molar refractivity (Wildman–Crippen MR) is 101 cm³/mol. The molecule has 28 heavy (non-hydrogen) atoms. The molecule has 7 nitrogen and oxygen atoms in total. The van der Waals surface area contributed by atoms with E-state index >= 15 is 0 Å². The van der Waals surface area contributed by atoms with Crippen molar-refractivity contribution in [2.45, 2.75) is 25.9 Å². The van der Waals surface area contributed by atoms with E-state index < -0.39 is 35.6 Å². The van der Waals surface area contributed by atoms with Crippen molar-refractivity contribution < 1.29 is 18.7 Å². The molecule has 1 aromatic heterocycles. The third kappa shape index (κ3) is 4.12. The van der Waals surface area contributed by atoms with E-state index in [1.54, 1.807) is 25.1 Å². The molecule has 1 aliphatic rings. The minimum atomic E-state index is -0.660. The Bertz CT molecular complexity index is 943. The largest absolute Gasteiger partial charge is 0.378 e. The molecule has 0 bridgehead atoms. The van der Waals surface area contributed by atoms with Gasteiger partial charge in [-0.1, -0.05) is 6.07 Å². The summed E-state index contributed by atoms with van der Waals surface area (Å²) in [6.45, 7) is 2.22. The second-order valence-corrected chi connectivity index (χ2v) is 6.73. The van der Waals surface area contributed by atoms with Crippen LogP contribution in [0.4, 0.5) is 10.1 Å². The van der Waals surface area contributed by atoms with Crippen LogP contribution in [-0.2, 0) is 14.3 Å². The number of anilines is 1. The minimum absolute atomic E-state index is 0.00761. The molecule has 0 saturated heterocycles. The van der Waals surface area contributed by atoms with Crippen LogP contribution >= 0.6 is 0 Å². The zero-order valence-electron chi connectivity index (χ0n) is 15.4. The first-order chi connectivity index (χ1) is 13.4. The number of nitrogens with one attached hydrogen (secondary N) is 1. The molecule has 1 aromatic carbocycles. The standard InChI is InChI=1S/C20H22FN3O4/c1-2-28-17-10-12(9-14(17)19(22)26)20(27)23-16-7-6-13(11-15(16)21)24-8-4-3-5-18(24)25/h3-8,11-12,14,17H,2,9-10H2,1H3,(H2,22,26)(H,23,27). The Morgan fingerprint density at radius 1 is 1.29 bits per heavy atom. The topological polar surface area (TPSA) is 103 Å². The first-order valence-electron chi connectivity index (χ1n) is 9.10. The smallest absolute Gasteiger partial charge is 0.255 e. The van der Waals surface area contributed by atoms with Crippen molar-refractivity contribution in [2.24, 2.45) is 17.6 Å². The van der Waals surface area contributed by atoms with E-state index in [1.165, 1.54) is 29.0 Å². The van der Waals surface area contributed by atoms with Gasteiger partial charge in [0, 0.05) is 30.9 Å². The van der Waals surface area contributed by atoms with Crippen molar-refractivity contribution in [1.29, 1.82) is 0 Å². The lowest BCUT2D eigenvalue weighted by atomic mass is 10.0. The highest BCUT2D eigenvalue weighted by Gasteiger charge is 2.41. The van der Waals surface area contributed by atoms with Gasteiger partial charge in [0.05, 0.1) is 23.4 Å². The number of halogens is 1. The number of nitrogens with two attached hydrogens (primary N) is 1. The lowest BCUT2D eigenvalue weighted by molar-refractivity contribution is -0.125. The zero-order chi connectivity index (χ0) is 20.3. The Hall–Kier alpha value is -3.00. The quantitative estimate of drug-likeness (QED) is 0.789. The molecule has 1 fully saturated rings. The van der Waals surface area contributed by atoms with Crippen molar-refractivity contribution in [3.8, 4) is 5.69 Å². The van der Waals surface area contributed by atoms with Crippen molar-refractivity contribution in [3.05, 3.63) is 58.8 Å². The van der Waals surface area contributed by atoms with E-state index in [0.717, 1.165) is 0 Å². The number of hydrogen-bond donors (Lipinski definition) is 2. The molecule has 0 radical (unpaired) electrons. The minimum Gasteiger partial charge on any atom is -0.378 e. The fourth-order valence-corrected chi connectivity index (χ4v) is 3.54. The van der Waals surface area contributed by atoms with Crippen molar-refractivity contribution in [1.82, 2.24) is 4.57 Å². The van der Waals surface area contributed by atoms with E-state index in [2.05, 4.69) is 5.32 Å². The number of nitrogens with zero attached hydrogens (tertiary/aromatic N) is 1. The lowest BCUT2D eigenvalue weighted by Crippen LogP contribution is -2.31. The summed E-state index contributed by atoms with van der Waals surface area (Å²) in [7, 11) is 0. The summed E-state index contributed by atoms with van der Waals surface area (Å²) >= 11 is 0. The Morgan fingerprint density at radius 2 is 2.07 bits per heavy atom. The summed E-state index contributed by atoms with van der Waals surface area (Å²) in [6.07, 6.45) is 1.75.